The highest BCUT2D eigenvalue weighted by atomic mass is 15.0. The van der Waals surface area contributed by atoms with Crippen LogP contribution in [0.1, 0.15) is 24.5 Å². The quantitative estimate of drug-likeness (QED) is 0.614. The van der Waals surface area contributed by atoms with Crippen molar-refractivity contribution in [2.45, 2.75) is 46.8 Å². The summed E-state index contributed by atoms with van der Waals surface area (Å²) in [5.74, 6) is 0. The molecule has 0 amide bonds. The van der Waals surface area contributed by atoms with E-state index < -0.39 is 0 Å². The SMILES string of the molecule is CCC[n+]1ccc(-c2cc[n+](CC[n+]3cc(C)cc(C)c3)cc2)cc1. The van der Waals surface area contributed by atoms with Gasteiger partial charge in [0, 0.05) is 41.8 Å². The Morgan fingerprint density at radius 3 is 1.56 bits per heavy atom. The molecule has 0 fully saturated rings. The second-order valence-electron chi connectivity index (χ2n) is 6.78. The number of nitrogens with zero attached hydrogens (tertiary/aromatic N) is 3. The second kappa shape index (κ2) is 8.02. The summed E-state index contributed by atoms with van der Waals surface area (Å²) < 4.78 is 6.75. The maximum atomic E-state index is 2.27. The van der Waals surface area contributed by atoms with E-state index in [2.05, 4.69) is 102 Å². The number of aryl methyl sites for hydroxylation is 5. The highest BCUT2D eigenvalue weighted by Crippen LogP contribution is 2.15. The van der Waals surface area contributed by atoms with Gasteiger partial charge in [-0.25, -0.2) is 4.57 Å². The summed E-state index contributed by atoms with van der Waals surface area (Å²) >= 11 is 0. The van der Waals surface area contributed by atoms with Crippen LogP contribution in [0.15, 0.2) is 67.5 Å². The maximum Gasteiger partial charge on any atom is 0.206 e. The highest BCUT2D eigenvalue weighted by molar-refractivity contribution is 5.60. The first kappa shape index (κ1) is 17.3. The van der Waals surface area contributed by atoms with Crippen molar-refractivity contribution in [1.29, 1.82) is 0 Å². The third-order valence-corrected chi connectivity index (χ3v) is 4.41. The predicted octanol–water partition coefficient (Wildman–Crippen LogP) is 2.94. The van der Waals surface area contributed by atoms with Gasteiger partial charge in [-0.15, -0.1) is 0 Å². The Bertz CT molecular complexity index is 801. The third-order valence-electron chi connectivity index (χ3n) is 4.41. The molecule has 3 aromatic rings. The minimum Gasteiger partial charge on any atom is -0.205 e. The van der Waals surface area contributed by atoms with Crippen molar-refractivity contribution >= 4 is 0 Å². The van der Waals surface area contributed by atoms with Crippen LogP contribution in [0, 0.1) is 13.8 Å². The Hall–Kier alpha value is -2.55. The van der Waals surface area contributed by atoms with Gasteiger partial charge in [0.2, 0.25) is 13.1 Å². The van der Waals surface area contributed by atoms with Crippen LogP contribution >= 0.6 is 0 Å². The van der Waals surface area contributed by atoms with Gasteiger partial charge >= 0.3 is 0 Å². The van der Waals surface area contributed by atoms with Crippen molar-refractivity contribution in [2.24, 2.45) is 0 Å². The molecule has 0 saturated carbocycles. The van der Waals surface area contributed by atoms with E-state index in [4.69, 9.17) is 0 Å². The molecule has 0 saturated heterocycles. The highest BCUT2D eigenvalue weighted by Gasteiger charge is 2.09. The Morgan fingerprint density at radius 2 is 1.08 bits per heavy atom. The first-order chi connectivity index (χ1) is 12.1. The Kier molecular flexibility index (Phi) is 5.54. The van der Waals surface area contributed by atoms with Gasteiger partial charge in [0.15, 0.2) is 37.2 Å². The molecule has 3 aromatic heterocycles. The summed E-state index contributed by atoms with van der Waals surface area (Å²) in [6.45, 7) is 9.53. The first-order valence-corrected chi connectivity index (χ1v) is 9.10. The zero-order chi connectivity index (χ0) is 17.6. The molecular formula is C22H28N3+3. The van der Waals surface area contributed by atoms with Crippen molar-refractivity contribution in [2.75, 3.05) is 0 Å². The van der Waals surface area contributed by atoms with Crippen LogP contribution < -0.4 is 13.7 Å². The van der Waals surface area contributed by atoms with Crippen LogP contribution in [-0.2, 0) is 19.6 Å². The van der Waals surface area contributed by atoms with E-state index in [1.54, 1.807) is 0 Å². The monoisotopic (exact) mass is 334 g/mol. The topological polar surface area (TPSA) is 11.6 Å². The van der Waals surface area contributed by atoms with Crippen molar-refractivity contribution < 1.29 is 13.7 Å². The molecule has 3 heterocycles. The summed E-state index contributed by atoms with van der Waals surface area (Å²) in [7, 11) is 0. The number of hydrogen-bond acceptors (Lipinski definition) is 0. The van der Waals surface area contributed by atoms with Gasteiger partial charge < -0.3 is 0 Å². The molecule has 0 bridgehead atoms. The lowest BCUT2D eigenvalue weighted by atomic mass is 10.1. The predicted molar refractivity (Wildman–Crippen MR) is 98.7 cm³/mol. The van der Waals surface area contributed by atoms with E-state index in [9.17, 15) is 0 Å². The molecule has 0 N–H and O–H groups in total. The maximum absolute atomic E-state index is 2.27. The lowest BCUT2D eigenvalue weighted by molar-refractivity contribution is -0.778. The molecule has 3 rings (SSSR count). The van der Waals surface area contributed by atoms with E-state index >= 15 is 0 Å². The van der Waals surface area contributed by atoms with Crippen LogP contribution in [0.25, 0.3) is 11.1 Å². The molecule has 3 heteroatoms. The zero-order valence-electron chi connectivity index (χ0n) is 15.5. The normalized spacial score (nSPS) is 10.8. The van der Waals surface area contributed by atoms with Gasteiger partial charge in [-0.3, -0.25) is 0 Å². The van der Waals surface area contributed by atoms with Gasteiger partial charge in [-0.2, -0.15) is 9.13 Å². The molecule has 0 aromatic carbocycles. The fourth-order valence-electron chi connectivity index (χ4n) is 3.21. The van der Waals surface area contributed by atoms with Crippen LogP contribution in [-0.4, -0.2) is 0 Å². The van der Waals surface area contributed by atoms with Gasteiger partial charge in [-0.1, -0.05) is 6.92 Å². The molecule has 3 nitrogen and oxygen atoms in total. The zero-order valence-corrected chi connectivity index (χ0v) is 15.5. The first-order valence-electron chi connectivity index (χ1n) is 9.10. The average molecular weight is 334 g/mol. The molecule has 0 spiro atoms. The summed E-state index contributed by atoms with van der Waals surface area (Å²) in [4.78, 5) is 0. The summed E-state index contributed by atoms with van der Waals surface area (Å²) in [5.41, 5.74) is 5.15. The Labute approximate surface area is 150 Å². The van der Waals surface area contributed by atoms with Crippen LogP contribution in [0.3, 0.4) is 0 Å². The van der Waals surface area contributed by atoms with E-state index in [1.807, 2.05) is 0 Å². The van der Waals surface area contributed by atoms with Crippen molar-refractivity contribution in [3.63, 3.8) is 0 Å². The number of rotatable bonds is 6. The van der Waals surface area contributed by atoms with E-state index in [-0.39, 0.29) is 0 Å². The van der Waals surface area contributed by atoms with Crippen LogP contribution in [0.4, 0.5) is 0 Å². The minimum absolute atomic E-state index is 0.971. The van der Waals surface area contributed by atoms with E-state index in [0.717, 1.165) is 26.1 Å². The fraction of sp³-hybridized carbons (Fsp3) is 0.318. The van der Waals surface area contributed by atoms with Gasteiger partial charge in [0.25, 0.3) is 0 Å². The Balaban J connectivity index is 1.65. The van der Waals surface area contributed by atoms with Crippen molar-refractivity contribution in [3.8, 4) is 11.1 Å². The minimum atomic E-state index is 0.971. The smallest absolute Gasteiger partial charge is 0.205 e. The molecule has 0 aliphatic carbocycles. The number of hydrogen-bond donors (Lipinski definition) is 0. The van der Waals surface area contributed by atoms with Crippen molar-refractivity contribution in [1.82, 2.24) is 0 Å². The molecule has 25 heavy (non-hydrogen) atoms. The van der Waals surface area contributed by atoms with E-state index in [0.29, 0.717) is 0 Å². The van der Waals surface area contributed by atoms with Gasteiger partial charge in [0.05, 0.1) is 0 Å². The molecule has 0 unspecified atom stereocenters. The fourth-order valence-corrected chi connectivity index (χ4v) is 3.21. The summed E-state index contributed by atoms with van der Waals surface area (Å²) in [6, 6.07) is 11.0. The van der Waals surface area contributed by atoms with Gasteiger partial charge in [-0.05, 0) is 31.0 Å². The van der Waals surface area contributed by atoms with Crippen LogP contribution in [0.5, 0.6) is 0 Å². The standard InChI is InChI=1S/C22H28N3/c1-4-9-23-10-5-21(6-11-23)22-7-12-24(13-8-22)14-15-25-17-19(2)16-20(3)18-25/h5-8,10-13,16-18H,4,9,14-15H2,1-3H3/q+3. The van der Waals surface area contributed by atoms with Crippen molar-refractivity contribution in [3.05, 3.63) is 78.6 Å². The van der Waals surface area contributed by atoms with Gasteiger partial charge in [0.1, 0.15) is 6.54 Å². The third kappa shape index (κ3) is 4.72. The summed E-state index contributed by atoms with van der Waals surface area (Å²) in [6.07, 6.45) is 14.2. The number of pyridine rings is 3. The Morgan fingerprint density at radius 1 is 0.640 bits per heavy atom. The molecule has 128 valence electrons. The summed E-state index contributed by atoms with van der Waals surface area (Å²) in [5, 5.41) is 0. The lowest BCUT2D eigenvalue weighted by Gasteiger charge is -2.01. The largest absolute Gasteiger partial charge is 0.206 e. The molecule has 0 aliphatic rings. The van der Waals surface area contributed by atoms with Crippen LogP contribution in [0.2, 0.25) is 0 Å². The molecule has 0 radical (unpaired) electrons. The molecular weight excluding hydrogens is 306 g/mol. The molecule has 0 aliphatic heterocycles. The number of aromatic nitrogens is 3. The molecule has 0 atom stereocenters. The lowest BCUT2D eigenvalue weighted by Crippen LogP contribution is -2.44. The van der Waals surface area contributed by atoms with E-state index in [1.165, 1.54) is 22.3 Å². The average Bonchev–Trinajstić information content (AvgIpc) is 2.61. The second-order valence-corrected chi connectivity index (χ2v) is 6.78.